The van der Waals surface area contributed by atoms with E-state index < -0.39 is 0 Å². The van der Waals surface area contributed by atoms with E-state index in [1.807, 2.05) is 0 Å². The third-order valence-corrected chi connectivity index (χ3v) is 3.32. The van der Waals surface area contributed by atoms with Gasteiger partial charge in [0.1, 0.15) is 5.82 Å². The third kappa shape index (κ3) is 1.46. The molecule has 0 amide bonds. The van der Waals surface area contributed by atoms with Crippen molar-refractivity contribution >= 4 is 0 Å². The fraction of sp³-hybridized carbons (Fsp3) is 0.727. The Hall–Kier alpha value is -0.830. The zero-order chi connectivity index (χ0) is 9.38. The van der Waals surface area contributed by atoms with Gasteiger partial charge in [0.15, 0.2) is 0 Å². The molecule has 3 nitrogen and oxygen atoms in total. The van der Waals surface area contributed by atoms with Crippen LogP contribution in [0.5, 0.6) is 0 Å². The molecule has 0 spiro atoms. The largest absolute Gasteiger partial charge is 0.335 e. The Balaban J connectivity index is 1.74. The van der Waals surface area contributed by atoms with Gasteiger partial charge in [-0.1, -0.05) is 0 Å². The van der Waals surface area contributed by atoms with Crippen molar-refractivity contribution in [3.8, 4) is 0 Å². The minimum Gasteiger partial charge on any atom is -0.335 e. The standard InChI is InChI=1S/C11H17N3/c1-2-4-14-8-10(13-11(14)3-1)5-9-6-12-7-9/h8-9,12H,1-7H2. The highest BCUT2D eigenvalue weighted by atomic mass is 15.1. The summed E-state index contributed by atoms with van der Waals surface area (Å²) in [5.41, 5.74) is 1.31. The van der Waals surface area contributed by atoms with Gasteiger partial charge in [-0.2, -0.15) is 0 Å². The van der Waals surface area contributed by atoms with Crippen LogP contribution in [0, 0.1) is 5.92 Å². The molecular formula is C11H17N3. The summed E-state index contributed by atoms with van der Waals surface area (Å²) >= 11 is 0. The van der Waals surface area contributed by atoms with Gasteiger partial charge in [-0.15, -0.1) is 0 Å². The predicted molar refractivity (Wildman–Crippen MR) is 55.2 cm³/mol. The summed E-state index contributed by atoms with van der Waals surface area (Å²) < 4.78 is 2.35. The lowest BCUT2D eigenvalue weighted by Crippen LogP contribution is -2.43. The predicted octanol–water partition coefficient (Wildman–Crippen LogP) is 0.981. The minimum atomic E-state index is 0.840. The van der Waals surface area contributed by atoms with Crippen molar-refractivity contribution in [1.29, 1.82) is 0 Å². The van der Waals surface area contributed by atoms with E-state index in [0.717, 1.165) is 5.92 Å². The number of aryl methyl sites for hydroxylation is 2. The highest BCUT2D eigenvalue weighted by Crippen LogP contribution is 2.17. The highest BCUT2D eigenvalue weighted by molar-refractivity contribution is 5.08. The van der Waals surface area contributed by atoms with E-state index in [9.17, 15) is 0 Å². The maximum absolute atomic E-state index is 4.71. The summed E-state index contributed by atoms with van der Waals surface area (Å²) in [6, 6.07) is 0. The summed E-state index contributed by atoms with van der Waals surface area (Å²) in [5, 5.41) is 3.31. The van der Waals surface area contributed by atoms with E-state index >= 15 is 0 Å². The van der Waals surface area contributed by atoms with Crippen molar-refractivity contribution in [2.45, 2.75) is 32.2 Å². The van der Waals surface area contributed by atoms with Crippen LogP contribution in [0.4, 0.5) is 0 Å². The van der Waals surface area contributed by atoms with Gasteiger partial charge in [0.05, 0.1) is 5.69 Å². The molecule has 0 aliphatic carbocycles. The Labute approximate surface area is 84.5 Å². The zero-order valence-corrected chi connectivity index (χ0v) is 8.50. The average Bonchev–Trinajstić information content (AvgIpc) is 2.53. The second kappa shape index (κ2) is 3.39. The first-order valence-electron chi connectivity index (χ1n) is 5.67. The number of rotatable bonds is 2. The van der Waals surface area contributed by atoms with Gasteiger partial charge >= 0.3 is 0 Å². The zero-order valence-electron chi connectivity index (χ0n) is 8.50. The summed E-state index contributed by atoms with van der Waals surface area (Å²) in [7, 11) is 0. The Bertz CT molecular complexity index is 302. The van der Waals surface area contributed by atoms with Crippen molar-refractivity contribution in [1.82, 2.24) is 14.9 Å². The lowest BCUT2D eigenvalue weighted by Gasteiger charge is -2.26. The second-order valence-corrected chi connectivity index (χ2v) is 4.53. The van der Waals surface area contributed by atoms with Gasteiger partial charge in [0.2, 0.25) is 0 Å². The van der Waals surface area contributed by atoms with Crippen LogP contribution in [0.1, 0.15) is 24.4 Å². The molecule has 0 aromatic carbocycles. The molecule has 0 saturated carbocycles. The summed E-state index contributed by atoms with van der Waals surface area (Å²) in [6.45, 7) is 3.55. The van der Waals surface area contributed by atoms with E-state index in [4.69, 9.17) is 4.98 Å². The maximum Gasteiger partial charge on any atom is 0.108 e. The number of nitrogens with zero attached hydrogens (tertiary/aromatic N) is 2. The summed E-state index contributed by atoms with van der Waals surface area (Å²) in [6.07, 6.45) is 7.28. The fourth-order valence-corrected chi connectivity index (χ4v) is 2.36. The van der Waals surface area contributed by atoms with Crippen LogP contribution in [0.25, 0.3) is 0 Å². The van der Waals surface area contributed by atoms with Crippen LogP contribution in [0.15, 0.2) is 6.20 Å². The molecule has 0 bridgehead atoms. The molecular weight excluding hydrogens is 174 g/mol. The quantitative estimate of drug-likeness (QED) is 0.755. The molecule has 0 radical (unpaired) electrons. The van der Waals surface area contributed by atoms with Crippen LogP contribution >= 0.6 is 0 Å². The molecule has 1 aromatic rings. The second-order valence-electron chi connectivity index (χ2n) is 4.53. The van der Waals surface area contributed by atoms with E-state index in [1.54, 1.807) is 0 Å². The number of nitrogens with one attached hydrogen (secondary N) is 1. The average molecular weight is 191 g/mol. The molecule has 1 saturated heterocycles. The Morgan fingerprint density at radius 2 is 2.36 bits per heavy atom. The highest BCUT2D eigenvalue weighted by Gasteiger charge is 2.19. The first-order chi connectivity index (χ1) is 6.92. The Morgan fingerprint density at radius 1 is 1.43 bits per heavy atom. The normalized spacial score (nSPS) is 21.7. The molecule has 2 aliphatic heterocycles. The van der Waals surface area contributed by atoms with Gasteiger partial charge in [-0.05, 0) is 38.3 Å². The van der Waals surface area contributed by atoms with Crippen molar-refractivity contribution < 1.29 is 0 Å². The molecule has 14 heavy (non-hydrogen) atoms. The molecule has 0 unspecified atom stereocenters. The Kier molecular flexibility index (Phi) is 2.05. The van der Waals surface area contributed by atoms with Gasteiger partial charge in [0, 0.05) is 19.2 Å². The fourth-order valence-electron chi connectivity index (χ4n) is 2.36. The molecule has 3 heteroatoms. The van der Waals surface area contributed by atoms with Crippen LogP contribution in [-0.2, 0) is 19.4 Å². The molecule has 1 N–H and O–H groups in total. The van der Waals surface area contributed by atoms with E-state index in [2.05, 4.69) is 16.1 Å². The summed E-state index contributed by atoms with van der Waals surface area (Å²) in [5.74, 6) is 2.16. The van der Waals surface area contributed by atoms with Crippen LogP contribution < -0.4 is 5.32 Å². The minimum absolute atomic E-state index is 0.840. The molecule has 1 aromatic heterocycles. The lowest BCUT2D eigenvalue weighted by molar-refractivity contribution is 0.344. The number of fused-ring (bicyclic) bond motifs is 1. The molecule has 0 atom stereocenters. The van der Waals surface area contributed by atoms with Crippen molar-refractivity contribution in [2.24, 2.45) is 5.92 Å². The Morgan fingerprint density at radius 3 is 3.07 bits per heavy atom. The van der Waals surface area contributed by atoms with Gasteiger partial charge in [-0.25, -0.2) is 4.98 Å². The third-order valence-electron chi connectivity index (χ3n) is 3.32. The monoisotopic (exact) mass is 191 g/mol. The number of imidazole rings is 1. The SMILES string of the molecule is c1c(CC2CNC2)nc2n1CCCC2. The summed E-state index contributed by atoms with van der Waals surface area (Å²) in [4.78, 5) is 4.71. The van der Waals surface area contributed by atoms with Crippen molar-refractivity contribution in [2.75, 3.05) is 13.1 Å². The van der Waals surface area contributed by atoms with E-state index in [0.29, 0.717) is 0 Å². The smallest absolute Gasteiger partial charge is 0.108 e. The van der Waals surface area contributed by atoms with Gasteiger partial charge < -0.3 is 9.88 Å². The number of hydrogen-bond acceptors (Lipinski definition) is 2. The van der Waals surface area contributed by atoms with Crippen molar-refractivity contribution in [3.05, 3.63) is 17.7 Å². The lowest BCUT2D eigenvalue weighted by atomic mass is 9.98. The van der Waals surface area contributed by atoms with Gasteiger partial charge in [0.25, 0.3) is 0 Å². The molecule has 3 rings (SSSR count). The van der Waals surface area contributed by atoms with E-state index in [-0.39, 0.29) is 0 Å². The topological polar surface area (TPSA) is 29.9 Å². The molecule has 3 heterocycles. The molecule has 2 aliphatic rings. The molecule has 1 fully saturated rings. The first kappa shape index (κ1) is 8.48. The van der Waals surface area contributed by atoms with E-state index in [1.165, 1.54) is 56.8 Å². The molecule has 76 valence electrons. The number of hydrogen-bond donors (Lipinski definition) is 1. The van der Waals surface area contributed by atoms with Crippen molar-refractivity contribution in [3.63, 3.8) is 0 Å². The maximum atomic E-state index is 4.71. The van der Waals surface area contributed by atoms with Crippen LogP contribution in [0.2, 0.25) is 0 Å². The number of aromatic nitrogens is 2. The van der Waals surface area contributed by atoms with Crippen LogP contribution in [0.3, 0.4) is 0 Å². The first-order valence-corrected chi connectivity index (χ1v) is 5.67. The van der Waals surface area contributed by atoms with Gasteiger partial charge in [-0.3, -0.25) is 0 Å². The van der Waals surface area contributed by atoms with Crippen LogP contribution in [-0.4, -0.2) is 22.6 Å².